The van der Waals surface area contributed by atoms with Crippen LogP contribution in [0.3, 0.4) is 0 Å². The first-order valence-electron chi connectivity index (χ1n) is 6.35. The fraction of sp³-hybridized carbons (Fsp3) is 0.400. The van der Waals surface area contributed by atoms with E-state index < -0.39 is 11.9 Å². The van der Waals surface area contributed by atoms with E-state index in [4.69, 9.17) is 14.7 Å². The highest BCUT2D eigenvalue weighted by molar-refractivity contribution is 6.08. The van der Waals surface area contributed by atoms with Crippen LogP contribution in [0.2, 0.25) is 0 Å². The minimum Gasteiger partial charge on any atom is -0.497 e. The molecule has 1 atom stereocenters. The zero-order valence-electron chi connectivity index (χ0n) is 11.6. The van der Waals surface area contributed by atoms with Gasteiger partial charge in [-0.2, -0.15) is 5.26 Å². The number of ether oxygens (including phenoxy) is 2. The van der Waals surface area contributed by atoms with E-state index in [1.165, 1.54) is 7.11 Å². The van der Waals surface area contributed by atoms with Crippen molar-refractivity contribution in [1.29, 1.82) is 5.26 Å². The smallest absolute Gasteiger partial charge is 0.316 e. The van der Waals surface area contributed by atoms with Gasteiger partial charge in [-0.1, -0.05) is 0 Å². The monoisotopic (exact) mass is 275 g/mol. The molecule has 5 nitrogen and oxygen atoms in total. The van der Waals surface area contributed by atoms with Gasteiger partial charge in [-0.3, -0.25) is 9.59 Å². The number of nitrogens with zero attached hydrogens (tertiary/aromatic N) is 1. The highest BCUT2D eigenvalue weighted by Crippen LogP contribution is 2.19. The average molecular weight is 275 g/mol. The normalized spacial score (nSPS) is 11.2. The number of benzene rings is 1. The van der Waals surface area contributed by atoms with Gasteiger partial charge in [-0.05, 0) is 37.6 Å². The molecule has 5 heteroatoms. The van der Waals surface area contributed by atoms with Gasteiger partial charge in [-0.25, -0.2) is 0 Å². The Hall–Kier alpha value is -2.35. The second-order valence-electron chi connectivity index (χ2n) is 4.09. The average Bonchev–Trinajstić information content (AvgIpc) is 2.48. The highest BCUT2D eigenvalue weighted by Gasteiger charge is 2.28. The van der Waals surface area contributed by atoms with Gasteiger partial charge in [0.15, 0.2) is 5.78 Å². The largest absolute Gasteiger partial charge is 0.497 e. The van der Waals surface area contributed by atoms with Crippen molar-refractivity contribution in [3.05, 3.63) is 29.8 Å². The molecule has 0 bridgehead atoms. The molecular weight excluding hydrogens is 258 g/mol. The Bertz CT molecular complexity index is 502. The van der Waals surface area contributed by atoms with Crippen molar-refractivity contribution in [3.8, 4) is 11.8 Å². The molecule has 106 valence electrons. The van der Waals surface area contributed by atoms with Crippen LogP contribution < -0.4 is 4.74 Å². The van der Waals surface area contributed by atoms with Gasteiger partial charge in [0.05, 0.1) is 19.8 Å². The van der Waals surface area contributed by atoms with Crippen molar-refractivity contribution >= 4 is 11.8 Å². The van der Waals surface area contributed by atoms with Crippen LogP contribution >= 0.6 is 0 Å². The standard InChI is InChI=1S/C15H17NO4/c1-3-20-15(18)13(5-4-10-16)14(17)11-6-8-12(19-2)9-7-11/h6-9,13H,3-5H2,1-2H3. The summed E-state index contributed by atoms with van der Waals surface area (Å²) >= 11 is 0. The minimum atomic E-state index is -0.928. The Kier molecular flexibility index (Phi) is 6.24. The molecule has 0 spiro atoms. The van der Waals surface area contributed by atoms with E-state index in [0.717, 1.165) is 0 Å². The highest BCUT2D eigenvalue weighted by atomic mass is 16.5. The van der Waals surface area contributed by atoms with E-state index in [0.29, 0.717) is 11.3 Å². The number of hydrogen-bond donors (Lipinski definition) is 0. The lowest BCUT2D eigenvalue weighted by molar-refractivity contribution is -0.146. The molecule has 20 heavy (non-hydrogen) atoms. The maximum atomic E-state index is 12.3. The van der Waals surface area contributed by atoms with E-state index >= 15 is 0 Å². The van der Waals surface area contributed by atoms with Crippen LogP contribution in [0.25, 0.3) is 0 Å². The molecule has 0 aliphatic rings. The third kappa shape index (κ3) is 4.09. The maximum Gasteiger partial charge on any atom is 0.316 e. The molecule has 1 aromatic rings. The van der Waals surface area contributed by atoms with E-state index in [9.17, 15) is 9.59 Å². The molecule has 0 saturated heterocycles. The first-order chi connectivity index (χ1) is 9.63. The van der Waals surface area contributed by atoms with Crippen LogP contribution in [0.4, 0.5) is 0 Å². The van der Waals surface area contributed by atoms with Gasteiger partial charge >= 0.3 is 5.97 Å². The van der Waals surface area contributed by atoms with E-state index in [-0.39, 0.29) is 25.2 Å². The van der Waals surface area contributed by atoms with Crippen LogP contribution in [-0.4, -0.2) is 25.5 Å². The number of hydrogen-bond acceptors (Lipinski definition) is 5. The lowest BCUT2D eigenvalue weighted by atomic mass is 9.93. The summed E-state index contributed by atoms with van der Waals surface area (Å²) in [5, 5.41) is 8.62. The number of carbonyl (C=O) groups is 2. The van der Waals surface area contributed by atoms with Crippen LogP contribution in [0, 0.1) is 17.2 Å². The van der Waals surface area contributed by atoms with Crippen LogP contribution in [0.15, 0.2) is 24.3 Å². The molecule has 0 aliphatic carbocycles. The van der Waals surface area contributed by atoms with Crippen LogP contribution in [-0.2, 0) is 9.53 Å². The van der Waals surface area contributed by atoms with Crippen LogP contribution in [0.1, 0.15) is 30.1 Å². The number of Topliss-reactive ketones (excluding diaryl/α,β-unsaturated/α-hetero) is 1. The van der Waals surface area contributed by atoms with Gasteiger partial charge in [0.2, 0.25) is 0 Å². The minimum absolute atomic E-state index is 0.130. The first-order valence-corrected chi connectivity index (χ1v) is 6.35. The van der Waals surface area contributed by atoms with Crippen molar-refractivity contribution in [1.82, 2.24) is 0 Å². The molecule has 1 unspecified atom stereocenters. The van der Waals surface area contributed by atoms with Crippen molar-refractivity contribution in [3.63, 3.8) is 0 Å². The quantitative estimate of drug-likeness (QED) is 0.433. The van der Waals surface area contributed by atoms with E-state index in [2.05, 4.69) is 0 Å². The Morgan fingerprint density at radius 1 is 1.30 bits per heavy atom. The summed E-state index contributed by atoms with van der Waals surface area (Å²) in [4.78, 5) is 24.1. The Morgan fingerprint density at radius 2 is 1.95 bits per heavy atom. The molecule has 0 N–H and O–H groups in total. The van der Waals surface area contributed by atoms with Crippen molar-refractivity contribution in [2.75, 3.05) is 13.7 Å². The summed E-state index contributed by atoms with van der Waals surface area (Å²) in [5.41, 5.74) is 0.404. The summed E-state index contributed by atoms with van der Waals surface area (Å²) < 4.78 is 9.91. The Morgan fingerprint density at radius 3 is 2.45 bits per heavy atom. The number of rotatable bonds is 7. The third-order valence-corrected chi connectivity index (χ3v) is 2.81. The number of ketones is 1. The van der Waals surface area contributed by atoms with Gasteiger partial charge in [-0.15, -0.1) is 0 Å². The fourth-order valence-corrected chi connectivity index (χ4v) is 1.76. The molecule has 0 aromatic heterocycles. The molecule has 0 saturated carbocycles. The Balaban J connectivity index is 2.90. The summed E-state index contributed by atoms with van der Waals surface area (Å²) in [6.45, 7) is 1.88. The third-order valence-electron chi connectivity index (χ3n) is 2.81. The predicted molar refractivity (Wildman–Crippen MR) is 72.3 cm³/mol. The Labute approximate surface area is 118 Å². The number of nitriles is 1. The number of esters is 1. The second kappa shape index (κ2) is 7.95. The van der Waals surface area contributed by atoms with Gasteiger partial charge in [0.25, 0.3) is 0 Å². The molecule has 1 rings (SSSR count). The van der Waals surface area contributed by atoms with Gasteiger partial charge in [0.1, 0.15) is 11.7 Å². The number of carbonyl (C=O) groups excluding carboxylic acids is 2. The molecule has 0 aliphatic heterocycles. The van der Waals surface area contributed by atoms with Crippen molar-refractivity contribution < 1.29 is 19.1 Å². The first kappa shape index (κ1) is 15.7. The van der Waals surface area contributed by atoms with Crippen molar-refractivity contribution in [2.45, 2.75) is 19.8 Å². The maximum absolute atomic E-state index is 12.3. The molecule has 0 radical (unpaired) electrons. The number of methoxy groups -OCH3 is 1. The fourth-order valence-electron chi connectivity index (χ4n) is 1.76. The second-order valence-corrected chi connectivity index (χ2v) is 4.09. The molecule has 0 heterocycles. The van der Waals surface area contributed by atoms with Gasteiger partial charge in [0, 0.05) is 12.0 Å². The topological polar surface area (TPSA) is 76.4 Å². The summed E-state index contributed by atoms with van der Waals surface area (Å²) in [7, 11) is 1.53. The lowest BCUT2D eigenvalue weighted by Crippen LogP contribution is -2.26. The SMILES string of the molecule is CCOC(=O)C(CCC#N)C(=O)c1ccc(OC)cc1. The molecule has 0 fully saturated rings. The summed E-state index contributed by atoms with van der Waals surface area (Å²) in [6.07, 6.45) is 0.297. The molecular formula is C15H17NO4. The van der Waals surface area contributed by atoms with Crippen LogP contribution in [0.5, 0.6) is 5.75 Å². The predicted octanol–water partition coefficient (Wildman–Crippen LogP) is 2.36. The van der Waals surface area contributed by atoms with E-state index in [1.54, 1.807) is 31.2 Å². The molecule has 0 amide bonds. The van der Waals surface area contributed by atoms with Crippen molar-refractivity contribution in [2.24, 2.45) is 5.92 Å². The lowest BCUT2D eigenvalue weighted by Gasteiger charge is -2.13. The zero-order chi connectivity index (χ0) is 15.0. The van der Waals surface area contributed by atoms with Gasteiger partial charge < -0.3 is 9.47 Å². The molecule has 1 aromatic carbocycles. The summed E-state index contributed by atoms with van der Waals surface area (Å²) in [5.74, 6) is -1.21. The summed E-state index contributed by atoms with van der Waals surface area (Å²) in [6, 6.07) is 8.44. The van der Waals surface area contributed by atoms with E-state index in [1.807, 2.05) is 6.07 Å². The zero-order valence-corrected chi connectivity index (χ0v) is 11.6.